The predicted molar refractivity (Wildman–Crippen MR) is 122 cm³/mol. The quantitative estimate of drug-likeness (QED) is 0.355. The van der Waals surface area contributed by atoms with Gasteiger partial charge in [-0.3, -0.25) is 9.13 Å². The van der Waals surface area contributed by atoms with Crippen molar-refractivity contribution in [3.05, 3.63) is 0 Å². The lowest BCUT2D eigenvalue weighted by molar-refractivity contribution is 0.148. The van der Waals surface area contributed by atoms with E-state index in [-0.39, 0.29) is 12.7 Å². The molecule has 0 radical (unpaired) electrons. The minimum Gasteiger partial charge on any atom is -0.396 e. The number of aliphatic hydroxyl groups is 2. The highest BCUT2D eigenvalue weighted by molar-refractivity contribution is 7.58. The summed E-state index contributed by atoms with van der Waals surface area (Å²) in [6, 6.07) is 0. The van der Waals surface area contributed by atoms with Crippen LogP contribution < -0.4 is 0 Å². The van der Waals surface area contributed by atoms with Crippen LogP contribution in [0, 0.1) is 23.7 Å². The first-order valence-electron chi connectivity index (χ1n) is 10.3. The van der Waals surface area contributed by atoms with Gasteiger partial charge >= 0.3 is 0 Å². The zero-order valence-corrected chi connectivity index (χ0v) is 21.4. The molecule has 0 aromatic heterocycles. The standard InChI is InChI=1S/2C8H19O2P.C4H10O2/c2*1-7(2)5-11(9,10)6-8(3)4;1-4(6)2-3-5/h2*7-8H,5-6H2,1-4H3,(H,9,10);4-6H,2-3H2,1H3. The van der Waals surface area contributed by atoms with Crippen molar-refractivity contribution in [1.82, 2.24) is 0 Å². The molecule has 0 aliphatic rings. The van der Waals surface area contributed by atoms with Gasteiger partial charge in [-0.1, -0.05) is 55.4 Å². The van der Waals surface area contributed by atoms with Crippen LogP contribution in [0.3, 0.4) is 0 Å². The molecule has 0 aromatic carbocycles. The van der Waals surface area contributed by atoms with E-state index < -0.39 is 14.7 Å². The van der Waals surface area contributed by atoms with Crippen molar-refractivity contribution >= 4 is 14.7 Å². The number of aliphatic hydroxyl groups excluding tert-OH is 2. The number of hydrogen-bond acceptors (Lipinski definition) is 4. The summed E-state index contributed by atoms with van der Waals surface area (Å²) in [5.41, 5.74) is 0. The molecule has 0 aliphatic carbocycles. The molecule has 4 N–H and O–H groups in total. The smallest absolute Gasteiger partial charge is 0.201 e. The molecule has 0 rings (SSSR count). The van der Waals surface area contributed by atoms with E-state index in [2.05, 4.69) is 0 Å². The molecule has 0 aliphatic heterocycles. The molecule has 6 nitrogen and oxygen atoms in total. The highest BCUT2D eigenvalue weighted by Crippen LogP contribution is 2.44. The molecular weight excluding hydrogens is 398 g/mol. The van der Waals surface area contributed by atoms with Gasteiger partial charge in [0.2, 0.25) is 14.7 Å². The molecule has 0 bridgehead atoms. The highest BCUT2D eigenvalue weighted by Gasteiger charge is 2.21. The molecule has 0 saturated heterocycles. The Labute approximate surface area is 174 Å². The van der Waals surface area contributed by atoms with E-state index in [9.17, 15) is 18.9 Å². The Hall–Kier alpha value is 0.300. The van der Waals surface area contributed by atoms with Crippen LogP contribution in [0.5, 0.6) is 0 Å². The average Bonchev–Trinajstić information content (AvgIpc) is 2.32. The number of hydrogen-bond donors (Lipinski definition) is 4. The van der Waals surface area contributed by atoms with E-state index in [1.807, 2.05) is 55.4 Å². The number of rotatable bonds is 10. The second kappa shape index (κ2) is 17.0. The zero-order valence-electron chi connectivity index (χ0n) is 19.6. The fraction of sp³-hybridized carbons (Fsp3) is 1.00. The summed E-state index contributed by atoms with van der Waals surface area (Å²) in [6.45, 7) is 17.5. The maximum Gasteiger partial charge on any atom is 0.201 e. The van der Waals surface area contributed by atoms with Crippen LogP contribution in [-0.2, 0) is 9.13 Å². The summed E-state index contributed by atoms with van der Waals surface area (Å²) in [5, 5.41) is 16.5. The lowest BCUT2D eigenvalue weighted by Gasteiger charge is -2.15. The summed E-state index contributed by atoms with van der Waals surface area (Å²) in [7, 11) is -5.61. The first-order valence-corrected chi connectivity index (χ1v) is 14.4. The molecule has 174 valence electrons. The lowest BCUT2D eigenvalue weighted by Crippen LogP contribution is -2.05. The van der Waals surface area contributed by atoms with Crippen LogP contribution in [0.4, 0.5) is 0 Å². The minimum atomic E-state index is -2.80. The van der Waals surface area contributed by atoms with Gasteiger partial charge in [-0.05, 0) is 37.0 Å². The van der Waals surface area contributed by atoms with Crippen molar-refractivity contribution in [3.63, 3.8) is 0 Å². The normalized spacial score (nSPS) is 13.3. The van der Waals surface area contributed by atoms with Crippen molar-refractivity contribution in [1.29, 1.82) is 0 Å². The zero-order chi connectivity index (χ0) is 23.1. The SMILES string of the molecule is CC(C)CP(=O)(O)CC(C)C.CC(C)CP(=O)(O)CC(C)C.CC(O)CCO. The largest absolute Gasteiger partial charge is 0.396 e. The highest BCUT2D eigenvalue weighted by atomic mass is 31.2. The van der Waals surface area contributed by atoms with E-state index >= 15 is 0 Å². The molecule has 1 atom stereocenters. The van der Waals surface area contributed by atoms with Crippen LogP contribution in [0.2, 0.25) is 0 Å². The summed E-state index contributed by atoms with van der Waals surface area (Å²) in [4.78, 5) is 18.8. The van der Waals surface area contributed by atoms with Gasteiger partial charge in [-0.25, -0.2) is 0 Å². The third-order valence-corrected chi connectivity index (χ3v) is 8.35. The van der Waals surface area contributed by atoms with Crippen molar-refractivity contribution < 1.29 is 29.1 Å². The van der Waals surface area contributed by atoms with Gasteiger partial charge in [0.25, 0.3) is 0 Å². The van der Waals surface area contributed by atoms with E-state index in [1.165, 1.54) is 0 Å². The van der Waals surface area contributed by atoms with Gasteiger partial charge in [0, 0.05) is 31.3 Å². The monoisotopic (exact) mass is 446 g/mol. The van der Waals surface area contributed by atoms with Gasteiger partial charge in [-0.2, -0.15) is 0 Å². The Morgan fingerprint density at radius 3 is 0.893 bits per heavy atom. The predicted octanol–water partition coefficient (Wildman–Crippen LogP) is 4.89. The van der Waals surface area contributed by atoms with Gasteiger partial charge in [-0.15, -0.1) is 0 Å². The molecule has 0 spiro atoms. The molecule has 1 unspecified atom stereocenters. The van der Waals surface area contributed by atoms with Crippen LogP contribution in [0.1, 0.15) is 68.7 Å². The van der Waals surface area contributed by atoms with Crippen molar-refractivity contribution in [2.75, 3.05) is 31.3 Å². The summed E-state index contributed by atoms with van der Waals surface area (Å²) in [5.74, 6) is 1.29. The minimum absolute atomic E-state index is 0.0810. The second-order valence-corrected chi connectivity index (χ2v) is 14.2. The van der Waals surface area contributed by atoms with Gasteiger partial charge < -0.3 is 20.0 Å². The van der Waals surface area contributed by atoms with Crippen molar-refractivity contribution in [2.45, 2.75) is 74.8 Å². The maximum atomic E-state index is 11.4. The summed E-state index contributed by atoms with van der Waals surface area (Å²) < 4.78 is 22.8. The molecule has 0 fully saturated rings. The topological polar surface area (TPSA) is 115 Å². The van der Waals surface area contributed by atoms with Crippen LogP contribution in [0.25, 0.3) is 0 Å². The van der Waals surface area contributed by atoms with Gasteiger partial charge in [0.05, 0.1) is 6.10 Å². The van der Waals surface area contributed by atoms with Crippen LogP contribution >= 0.6 is 14.7 Å². The third kappa shape index (κ3) is 31.0. The molecule has 0 amide bonds. The van der Waals surface area contributed by atoms with Crippen molar-refractivity contribution in [2.24, 2.45) is 23.7 Å². The fourth-order valence-electron chi connectivity index (χ4n) is 2.62. The Kier molecular flexibility index (Phi) is 20.0. The summed E-state index contributed by atoms with van der Waals surface area (Å²) >= 11 is 0. The lowest BCUT2D eigenvalue weighted by atomic mass is 10.3. The van der Waals surface area contributed by atoms with Gasteiger partial charge in [0.1, 0.15) is 0 Å². The van der Waals surface area contributed by atoms with E-state index in [4.69, 9.17) is 10.2 Å². The van der Waals surface area contributed by atoms with Crippen molar-refractivity contribution in [3.8, 4) is 0 Å². The Morgan fingerprint density at radius 2 is 0.821 bits per heavy atom. The molecule has 0 aromatic rings. The van der Waals surface area contributed by atoms with E-state index in [0.29, 0.717) is 54.7 Å². The molecule has 0 heterocycles. The molecule has 8 heteroatoms. The molecular formula is C20H48O6P2. The fourth-order valence-corrected chi connectivity index (χ4v) is 7.48. The Morgan fingerprint density at radius 1 is 0.607 bits per heavy atom. The van der Waals surface area contributed by atoms with E-state index in [0.717, 1.165) is 0 Å². The Bertz CT molecular complexity index is 384. The molecule has 0 saturated carbocycles. The van der Waals surface area contributed by atoms with E-state index in [1.54, 1.807) is 6.92 Å². The van der Waals surface area contributed by atoms with Crippen LogP contribution in [-0.4, -0.2) is 57.4 Å². The third-order valence-electron chi connectivity index (χ3n) is 3.15. The summed E-state index contributed by atoms with van der Waals surface area (Å²) in [6.07, 6.45) is 1.99. The van der Waals surface area contributed by atoms with Gasteiger partial charge in [0.15, 0.2) is 0 Å². The van der Waals surface area contributed by atoms with Crippen LogP contribution in [0.15, 0.2) is 0 Å². The second-order valence-electron chi connectivity index (χ2n) is 9.36. The maximum absolute atomic E-state index is 11.4. The first kappa shape index (κ1) is 33.0. The Balaban J connectivity index is -0.000000351. The first-order chi connectivity index (χ1) is 12.4. The average molecular weight is 447 g/mol. The molecule has 28 heavy (non-hydrogen) atoms.